The SMILES string of the molecule is COc1nc(O[C@H]2CCc3c(-c4cccc(-c5cc6cc(CN7CC(C(=O)O)C7)cc(C#N)c6[nH]5)c4C)cccc32)c(Cl)cc1CNC[C@@H](O)CC(=O)O. The summed E-state index contributed by atoms with van der Waals surface area (Å²) in [4.78, 5) is 32.3. The summed E-state index contributed by atoms with van der Waals surface area (Å²) >= 11 is 6.66. The van der Waals surface area contributed by atoms with E-state index in [1.807, 2.05) is 18.2 Å². The molecule has 3 aromatic carbocycles. The maximum absolute atomic E-state index is 11.3. The number of benzene rings is 3. The Hall–Kier alpha value is -5.45. The largest absolute Gasteiger partial charge is 0.481 e. The van der Waals surface area contributed by atoms with Crippen molar-refractivity contribution in [1.29, 1.82) is 5.26 Å². The molecule has 2 aromatic heterocycles. The third-order valence-corrected chi connectivity index (χ3v) is 10.6. The Labute approximate surface area is 316 Å². The van der Waals surface area contributed by atoms with Gasteiger partial charge in [0.1, 0.15) is 17.2 Å². The lowest BCUT2D eigenvalue weighted by Gasteiger charge is -2.36. The summed E-state index contributed by atoms with van der Waals surface area (Å²) in [6, 6.07) is 22.6. The summed E-state index contributed by atoms with van der Waals surface area (Å²) in [6.45, 7) is 4.05. The van der Waals surface area contributed by atoms with Crippen molar-refractivity contribution in [2.75, 3.05) is 26.7 Å². The molecule has 0 spiro atoms. The number of nitriles is 1. The lowest BCUT2D eigenvalue weighted by molar-refractivity contribution is -0.147. The van der Waals surface area contributed by atoms with E-state index in [9.17, 15) is 25.1 Å². The maximum atomic E-state index is 11.3. The van der Waals surface area contributed by atoms with Crippen LogP contribution in [0.2, 0.25) is 5.02 Å². The van der Waals surface area contributed by atoms with Crippen molar-refractivity contribution in [3.63, 3.8) is 0 Å². The minimum atomic E-state index is -1.08. The van der Waals surface area contributed by atoms with Crippen molar-refractivity contribution < 1.29 is 34.4 Å². The number of aromatic amines is 1. The second-order valence-electron chi connectivity index (χ2n) is 14.0. The molecule has 12 nitrogen and oxygen atoms in total. The summed E-state index contributed by atoms with van der Waals surface area (Å²) in [5, 5.41) is 42.3. The van der Waals surface area contributed by atoms with Gasteiger partial charge in [-0.3, -0.25) is 14.5 Å². The van der Waals surface area contributed by atoms with Crippen LogP contribution in [0.4, 0.5) is 0 Å². The molecule has 1 aliphatic carbocycles. The van der Waals surface area contributed by atoms with Gasteiger partial charge in [-0.1, -0.05) is 48.0 Å². The van der Waals surface area contributed by atoms with Crippen LogP contribution in [-0.2, 0) is 29.1 Å². The van der Waals surface area contributed by atoms with Gasteiger partial charge in [-0.05, 0) is 77.4 Å². The molecular formula is C41H40ClN5O7. The molecule has 2 atom stereocenters. The highest BCUT2D eigenvalue weighted by Gasteiger charge is 2.32. The summed E-state index contributed by atoms with van der Waals surface area (Å²) in [5.74, 6) is -1.62. The van der Waals surface area contributed by atoms with Crippen LogP contribution in [0.5, 0.6) is 11.8 Å². The zero-order valence-electron chi connectivity index (χ0n) is 29.9. The highest BCUT2D eigenvalue weighted by Crippen LogP contribution is 2.43. The van der Waals surface area contributed by atoms with E-state index in [1.54, 1.807) is 6.07 Å². The van der Waals surface area contributed by atoms with E-state index in [-0.39, 0.29) is 37.4 Å². The molecule has 0 saturated carbocycles. The highest BCUT2D eigenvalue weighted by molar-refractivity contribution is 6.31. The van der Waals surface area contributed by atoms with Crippen LogP contribution in [0, 0.1) is 24.2 Å². The number of ether oxygens (including phenoxy) is 2. The molecule has 0 radical (unpaired) electrons. The molecule has 278 valence electrons. The van der Waals surface area contributed by atoms with E-state index in [2.05, 4.69) is 69.6 Å². The number of carboxylic acid groups (broad SMARTS) is 2. The number of H-pyrrole nitrogens is 1. The van der Waals surface area contributed by atoms with Crippen LogP contribution in [0.25, 0.3) is 33.3 Å². The van der Waals surface area contributed by atoms with Crippen molar-refractivity contribution in [3.05, 3.63) is 99.1 Å². The first-order chi connectivity index (χ1) is 26.0. The molecule has 13 heteroatoms. The molecule has 7 rings (SSSR count). The minimum absolute atomic E-state index is 0.0810. The van der Waals surface area contributed by atoms with Gasteiger partial charge in [0.25, 0.3) is 0 Å². The maximum Gasteiger partial charge on any atom is 0.309 e. The van der Waals surface area contributed by atoms with Crippen molar-refractivity contribution in [2.45, 2.75) is 51.5 Å². The van der Waals surface area contributed by atoms with Crippen LogP contribution in [0.3, 0.4) is 0 Å². The molecule has 3 heterocycles. The van der Waals surface area contributed by atoms with E-state index >= 15 is 0 Å². The van der Waals surface area contributed by atoms with Gasteiger partial charge < -0.3 is 35.1 Å². The minimum Gasteiger partial charge on any atom is -0.481 e. The van der Waals surface area contributed by atoms with Gasteiger partial charge in [0.2, 0.25) is 11.8 Å². The summed E-state index contributed by atoms with van der Waals surface area (Å²) in [5.41, 5.74) is 10.4. The summed E-state index contributed by atoms with van der Waals surface area (Å²) in [6.07, 6.45) is -0.156. The number of aromatic nitrogens is 2. The summed E-state index contributed by atoms with van der Waals surface area (Å²) in [7, 11) is 1.50. The molecule has 0 bridgehead atoms. The van der Waals surface area contributed by atoms with Gasteiger partial charge in [-0.15, -0.1) is 0 Å². The standard InChI is InChI=1S/C41H40ClN5O7/c1-22-29(5-3-6-30(22)35-14-24-11-23(12-25(16-43)38(24)45-35)19-47-20-27(21-47)41(51)52)31-7-4-8-33-32(31)9-10-36(33)54-40-34(42)13-26(39(46-40)53-2)17-44-18-28(48)15-37(49)50/h3-8,11-14,27-28,36,44-45,48H,9-10,15,17-21H2,1-2H3,(H,49,50)(H,51,52)/t28-,36-/m0/s1. The number of carboxylic acids is 2. The quantitative estimate of drug-likeness (QED) is 0.0866. The van der Waals surface area contributed by atoms with Gasteiger partial charge in [-0.2, -0.15) is 10.2 Å². The van der Waals surface area contributed by atoms with Crippen molar-refractivity contribution >= 4 is 34.4 Å². The van der Waals surface area contributed by atoms with Gasteiger partial charge in [-0.25, -0.2) is 0 Å². The van der Waals surface area contributed by atoms with Crippen molar-refractivity contribution in [1.82, 2.24) is 20.2 Å². The number of carbonyl (C=O) groups is 2. The van der Waals surface area contributed by atoms with Crippen LogP contribution in [-0.4, -0.2) is 75.0 Å². The fourth-order valence-electron chi connectivity index (χ4n) is 7.62. The number of halogens is 1. The predicted molar refractivity (Wildman–Crippen MR) is 202 cm³/mol. The monoisotopic (exact) mass is 749 g/mol. The molecule has 2 aliphatic rings. The zero-order valence-corrected chi connectivity index (χ0v) is 30.6. The van der Waals surface area contributed by atoms with E-state index in [4.69, 9.17) is 26.2 Å². The van der Waals surface area contributed by atoms with Gasteiger partial charge in [0.15, 0.2) is 0 Å². The molecule has 5 aromatic rings. The molecule has 5 N–H and O–H groups in total. The fourth-order valence-corrected chi connectivity index (χ4v) is 7.83. The van der Waals surface area contributed by atoms with Crippen LogP contribution < -0.4 is 14.8 Å². The second-order valence-corrected chi connectivity index (χ2v) is 14.4. The second kappa shape index (κ2) is 15.5. The molecule has 54 heavy (non-hydrogen) atoms. The zero-order chi connectivity index (χ0) is 38.1. The molecular weight excluding hydrogens is 710 g/mol. The third kappa shape index (κ3) is 7.49. The number of aliphatic hydroxyl groups is 1. The van der Waals surface area contributed by atoms with Gasteiger partial charge in [0.05, 0.1) is 36.6 Å². The number of hydrogen-bond donors (Lipinski definition) is 5. The number of nitrogens with one attached hydrogen (secondary N) is 2. The first-order valence-corrected chi connectivity index (χ1v) is 18.1. The number of hydrogen-bond acceptors (Lipinski definition) is 9. The number of methoxy groups -OCH3 is 1. The number of aliphatic hydroxyl groups excluding tert-OH is 1. The van der Waals surface area contributed by atoms with E-state index < -0.39 is 18.0 Å². The van der Waals surface area contributed by atoms with E-state index in [1.165, 1.54) is 12.7 Å². The average molecular weight is 750 g/mol. The number of aliphatic carboxylic acids is 2. The van der Waals surface area contributed by atoms with Crippen LogP contribution in [0.1, 0.15) is 52.3 Å². The third-order valence-electron chi connectivity index (χ3n) is 10.3. The smallest absolute Gasteiger partial charge is 0.309 e. The highest BCUT2D eigenvalue weighted by atomic mass is 35.5. The Morgan fingerprint density at radius 3 is 2.59 bits per heavy atom. The average Bonchev–Trinajstić information content (AvgIpc) is 3.74. The Morgan fingerprint density at radius 2 is 1.85 bits per heavy atom. The Balaban J connectivity index is 1.11. The molecule has 0 amide bonds. The number of rotatable bonds is 14. The first kappa shape index (κ1) is 36.9. The number of nitrogens with zero attached hydrogens (tertiary/aromatic N) is 3. The normalized spacial score (nSPS) is 16.1. The van der Waals surface area contributed by atoms with Crippen LogP contribution >= 0.6 is 11.6 Å². The van der Waals surface area contributed by atoms with E-state index in [0.29, 0.717) is 41.7 Å². The summed E-state index contributed by atoms with van der Waals surface area (Å²) < 4.78 is 12.0. The van der Waals surface area contributed by atoms with Crippen molar-refractivity contribution in [2.24, 2.45) is 5.92 Å². The topological polar surface area (TPSA) is 181 Å². The molecule has 1 saturated heterocycles. The van der Waals surface area contributed by atoms with Crippen molar-refractivity contribution in [3.8, 4) is 40.2 Å². The van der Waals surface area contributed by atoms with Gasteiger partial charge in [0, 0.05) is 54.9 Å². The van der Waals surface area contributed by atoms with Crippen LogP contribution in [0.15, 0.2) is 60.7 Å². The number of likely N-dealkylation sites (tertiary alicyclic amines) is 1. The number of fused-ring (bicyclic) bond motifs is 2. The Morgan fingerprint density at radius 1 is 1.09 bits per heavy atom. The molecule has 1 aliphatic heterocycles. The fraction of sp³-hybridized carbons (Fsp3) is 0.317. The lowest BCUT2D eigenvalue weighted by Crippen LogP contribution is -2.49. The van der Waals surface area contributed by atoms with E-state index in [0.717, 1.165) is 62.8 Å². The number of pyridine rings is 1. The Bertz CT molecular complexity index is 2290. The predicted octanol–water partition coefficient (Wildman–Crippen LogP) is 6.25. The molecule has 1 fully saturated rings. The van der Waals surface area contributed by atoms with Gasteiger partial charge >= 0.3 is 11.9 Å². The lowest BCUT2D eigenvalue weighted by atomic mass is 9.91. The molecule has 0 unspecified atom stereocenters. The first-order valence-electron chi connectivity index (χ1n) is 17.8. The Kier molecular flexibility index (Phi) is 10.6.